The highest BCUT2D eigenvalue weighted by molar-refractivity contribution is 5.48. The van der Waals surface area contributed by atoms with Gasteiger partial charge in [-0.2, -0.15) is 0 Å². The van der Waals surface area contributed by atoms with E-state index in [0.29, 0.717) is 0 Å². The zero-order chi connectivity index (χ0) is 12.8. The molecule has 100 valence electrons. The van der Waals surface area contributed by atoms with Gasteiger partial charge in [-0.05, 0) is 25.2 Å². The number of aromatic nitrogens is 2. The number of nitrogens with one attached hydrogen (secondary N) is 1. The van der Waals surface area contributed by atoms with E-state index < -0.39 is 0 Å². The van der Waals surface area contributed by atoms with Gasteiger partial charge in [0.1, 0.15) is 18.0 Å². The summed E-state index contributed by atoms with van der Waals surface area (Å²) in [5.41, 5.74) is 0. The molecule has 2 heterocycles. The van der Waals surface area contributed by atoms with E-state index in [1.807, 2.05) is 13.1 Å². The molecule has 18 heavy (non-hydrogen) atoms. The molecule has 1 saturated heterocycles. The Morgan fingerprint density at radius 2 is 2.22 bits per heavy atom. The molecule has 1 aromatic heterocycles. The van der Waals surface area contributed by atoms with Crippen LogP contribution in [0.15, 0.2) is 12.4 Å². The maximum atomic E-state index is 4.40. The highest BCUT2D eigenvalue weighted by atomic mass is 15.2. The first-order chi connectivity index (χ1) is 8.83. The average molecular weight is 248 g/mol. The number of hydrogen-bond donors (Lipinski definition) is 1. The summed E-state index contributed by atoms with van der Waals surface area (Å²) in [6.45, 7) is 4.54. The van der Waals surface area contributed by atoms with Gasteiger partial charge < -0.3 is 10.2 Å². The van der Waals surface area contributed by atoms with Crippen LogP contribution in [0.2, 0.25) is 0 Å². The lowest BCUT2D eigenvalue weighted by atomic mass is 9.96. The number of anilines is 2. The molecule has 2 rings (SSSR count). The van der Waals surface area contributed by atoms with Crippen molar-refractivity contribution in [1.82, 2.24) is 9.97 Å². The van der Waals surface area contributed by atoms with Gasteiger partial charge in [-0.3, -0.25) is 0 Å². The fraction of sp³-hybridized carbons (Fsp3) is 0.714. The van der Waals surface area contributed by atoms with Crippen molar-refractivity contribution in [1.29, 1.82) is 0 Å². The summed E-state index contributed by atoms with van der Waals surface area (Å²) in [5, 5.41) is 3.07. The Kier molecular flexibility index (Phi) is 4.79. The molecule has 1 aliphatic heterocycles. The molecule has 0 spiro atoms. The summed E-state index contributed by atoms with van der Waals surface area (Å²) >= 11 is 0. The van der Waals surface area contributed by atoms with Crippen molar-refractivity contribution in [2.45, 2.75) is 39.0 Å². The van der Waals surface area contributed by atoms with Crippen LogP contribution in [0, 0.1) is 5.92 Å². The number of nitrogens with zero attached hydrogens (tertiary/aromatic N) is 3. The Morgan fingerprint density at radius 3 is 3.00 bits per heavy atom. The minimum absolute atomic E-state index is 0.898. The first-order valence-electron chi connectivity index (χ1n) is 7.08. The summed E-state index contributed by atoms with van der Waals surface area (Å²) in [5.74, 6) is 2.87. The first-order valence-corrected chi connectivity index (χ1v) is 7.08. The Hall–Kier alpha value is -1.32. The quantitative estimate of drug-likeness (QED) is 0.889. The number of rotatable bonds is 4. The topological polar surface area (TPSA) is 41.0 Å². The van der Waals surface area contributed by atoms with Crippen LogP contribution in [0.4, 0.5) is 11.6 Å². The third-order valence-electron chi connectivity index (χ3n) is 3.78. The molecule has 1 fully saturated rings. The summed E-state index contributed by atoms with van der Waals surface area (Å²) < 4.78 is 0. The van der Waals surface area contributed by atoms with Crippen LogP contribution in [-0.2, 0) is 0 Å². The Labute approximate surface area is 110 Å². The molecule has 0 saturated carbocycles. The second kappa shape index (κ2) is 6.57. The molecular weight excluding hydrogens is 224 g/mol. The van der Waals surface area contributed by atoms with Gasteiger partial charge in [0.15, 0.2) is 0 Å². The molecule has 1 N–H and O–H groups in total. The molecule has 4 heteroatoms. The lowest BCUT2D eigenvalue weighted by Crippen LogP contribution is -2.25. The molecule has 1 aromatic rings. The van der Waals surface area contributed by atoms with E-state index in [-0.39, 0.29) is 0 Å². The van der Waals surface area contributed by atoms with Crippen molar-refractivity contribution in [3.8, 4) is 0 Å². The van der Waals surface area contributed by atoms with Crippen molar-refractivity contribution in [2.24, 2.45) is 5.92 Å². The van der Waals surface area contributed by atoms with Crippen molar-refractivity contribution >= 4 is 11.6 Å². The summed E-state index contributed by atoms with van der Waals surface area (Å²) in [6.07, 6.45) is 8.28. The van der Waals surface area contributed by atoms with Gasteiger partial charge in [0.25, 0.3) is 0 Å². The van der Waals surface area contributed by atoms with Crippen LogP contribution in [0.25, 0.3) is 0 Å². The molecule has 4 nitrogen and oxygen atoms in total. The van der Waals surface area contributed by atoms with Crippen LogP contribution in [-0.4, -0.2) is 30.1 Å². The lowest BCUT2D eigenvalue weighted by molar-refractivity contribution is 0.435. The first kappa shape index (κ1) is 13.1. The predicted molar refractivity (Wildman–Crippen MR) is 76.0 cm³/mol. The van der Waals surface area contributed by atoms with E-state index in [4.69, 9.17) is 0 Å². The number of hydrogen-bond acceptors (Lipinski definition) is 4. The SMILES string of the molecule is CCCC1CCCN(c2cc(NC)ncn2)CC1. The average Bonchev–Trinajstić information content (AvgIpc) is 2.65. The van der Waals surface area contributed by atoms with Crippen LogP contribution >= 0.6 is 0 Å². The molecule has 1 unspecified atom stereocenters. The van der Waals surface area contributed by atoms with E-state index >= 15 is 0 Å². The zero-order valence-electron chi connectivity index (χ0n) is 11.5. The van der Waals surface area contributed by atoms with E-state index in [2.05, 4.69) is 27.1 Å². The van der Waals surface area contributed by atoms with E-state index in [0.717, 1.165) is 30.6 Å². The zero-order valence-corrected chi connectivity index (χ0v) is 11.5. The van der Waals surface area contributed by atoms with Gasteiger partial charge in [-0.15, -0.1) is 0 Å². The van der Waals surface area contributed by atoms with Crippen molar-refractivity contribution < 1.29 is 0 Å². The van der Waals surface area contributed by atoms with Crippen molar-refractivity contribution in [2.75, 3.05) is 30.4 Å². The maximum absolute atomic E-state index is 4.40. The van der Waals surface area contributed by atoms with Crippen molar-refractivity contribution in [3.05, 3.63) is 12.4 Å². The third-order valence-corrected chi connectivity index (χ3v) is 3.78. The minimum atomic E-state index is 0.898. The third kappa shape index (κ3) is 3.34. The van der Waals surface area contributed by atoms with Gasteiger partial charge in [0.2, 0.25) is 0 Å². The lowest BCUT2D eigenvalue weighted by Gasteiger charge is -2.21. The normalized spacial score (nSPS) is 20.6. The van der Waals surface area contributed by atoms with Crippen molar-refractivity contribution in [3.63, 3.8) is 0 Å². The minimum Gasteiger partial charge on any atom is -0.373 e. The second-order valence-electron chi connectivity index (χ2n) is 5.08. The Balaban J connectivity index is 2.00. The van der Waals surface area contributed by atoms with Gasteiger partial charge >= 0.3 is 0 Å². The van der Waals surface area contributed by atoms with E-state index in [9.17, 15) is 0 Å². The predicted octanol–water partition coefficient (Wildman–Crippen LogP) is 2.92. The fourth-order valence-corrected chi connectivity index (χ4v) is 2.75. The smallest absolute Gasteiger partial charge is 0.134 e. The van der Waals surface area contributed by atoms with Gasteiger partial charge in [-0.25, -0.2) is 9.97 Å². The highest BCUT2D eigenvalue weighted by Gasteiger charge is 2.17. The monoisotopic (exact) mass is 248 g/mol. The molecule has 0 aromatic carbocycles. The molecular formula is C14H24N4. The molecule has 0 aliphatic carbocycles. The molecule has 0 radical (unpaired) electrons. The maximum Gasteiger partial charge on any atom is 0.134 e. The largest absolute Gasteiger partial charge is 0.373 e. The Bertz CT molecular complexity index is 367. The molecule has 0 bridgehead atoms. The van der Waals surface area contributed by atoms with Gasteiger partial charge in [0, 0.05) is 26.2 Å². The molecule has 1 aliphatic rings. The summed E-state index contributed by atoms with van der Waals surface area (Å²) in [6, 6.07) is 2.04. The fourth-order valence-electron chi connectivity index (χ4n) is 2.75. The molecule has 1 atom stereocenters. The van der Waals surface area contributed by atoms with Crippen LogP contribution in [0.1, 0.15) is 39.0 Å². The standard InChI is InChI=1S/C14H24N4/c1-3-5-12-6-4-8-18(9-7-12)14-10-13(15-2)16-11-17-14/h10-12H,3-9H2,1-2H3,(H,15,16,17). The van der Waals surface area contributed by atoms with Crippen LogP contribution < -0.4 is 10.2 Å². The Morgan fingerprint density at radius 1 is 1.33 bits per heavy atom. The van der Waals surface area contributed by atoms with Gasteiger partial charge in [0.05, 0.1) is 0 Å². The molecule has 0 amide bonds. The van der Waals surface area contributed by atoms with Gasteiger partial charge in [-0.1, -0.05) is 19.8 Å². The van der Waals surface area contributed by atoms with E-state index in [1.165, 1.54) is 32.1 Å². The summed E-state index contributed by atoms with van der Waals surface area (Å²) in [4.78, 5) is 11.0. The van der Waals surface area contributed by atoms with Crippen LogP contribution in [0.3, 0.4) is 0 Å². The van der Waals surface area contributed by atoms with Crippen LogP contribution in [0.5, 0.6) is 0 Å². The second-order valence-corrected chi connectivity index (χ2v) is 5.08. The highest BCUT2D eigenvalue weighted by Crippen LogP contribution is 2.24. The summed E-state index contributed by atoms with van der Waals surface area (Å²) in [7, 11) is 1.89. The van der Waals surface area contributed by atoms with E-state index in [1.54, 1.807) is 6.33 Å².